The zero-order chi connectivity index (χ0) is 14.2. The van der Waals surface area contributed by atoms with Crippen LogP contribution in [0, 0.1) is 0 Å². The van der Waals surface area contributed by atoms with E-state index in [9.17, 15) is 4.79 Å². The van der Waals surface area contributed by atoms with Crippen LogP contribution in [0.3, 0.4) is 0 Å². The maximum absolute atomic E-state index is 12.0. The third kappa shape index (κ3) is 3.94. The first-order valence-electron chi connectivity index (χ1n) is 6.29. The molecule has 0 amide bonds. The number of esters is 1. The first-order valence-corrected chi connectivity index (χ1v) is 6.29. The molecule has 2 heterocycles. The van der Waals surface area contributed by atoms with E-state index >= 15 is 0 Å². The second kappa shape index (κ2) is 7.08. The summed E-state index contributed by atoms with van der Waals surface area (Å²) in [6.07, 6.45) is 5.90. The Hall–Kier alpha value is -2.63. The molecule has 0 aliphatic carbocycles. The molecule has 0 aliphatic heterocycles. The molecule has 0 fully saturated rings. The lowest BCUT2D eigenvalue weighted by molar-refractivity contribution is -0.143. The molecule has 2 rings (SSSR count). The molecule has 0 aliphatic rings. The van der Waals surface area contributed by atoms with Crippen LogP contribution < -0.4 is 10.6 Å². The van der Waals surface area contributed by atoms with Crippen molar-refractivity contribution in [3.05, 3.63) is 49.1 Å². The van der Waals surface area contributed by atoms with Crippen LogP contribution in [0.2, 0.25) is 0 Å². The van der Waals surface area contributed by atoms with Crippen molar-refractivity contribution in [2.45, 2.75) is 13.1 Å². The van der Waals surface area contributed by atoms with Crippen molar-refractivity contribution < 1.29 is 9.53 Å². The predicted molar refractivity (Wildman–Crippen MR) is 76.1 cm³/mol. The molecule has 0 aromatic carbocycles. The third-order valence-corrected chi connectivity index (χ3v) is 2.47. The summed E-state index contributed by atoms with van der Waals surface area (Å²) in [4.78, 5) is 20.0. The van der Waals surface area contributed by atoms with Gasteiger partial charge in [0.15, 0.2) is 6.17 Å². The van der Waals surface area contributed by atoms with E-state index in [4.69, 9.17) is 4.74 Å². The second-order valence-corrected chi connectivity index (χ2v) is 3.96. The van der Waals surface area contributed by atoms with Crippen LogP contribution in [0.15, 0.2) is 49.1 Å². The van der Waals surface area contributed by atoms with Gasteiger partial charge in [0, 0.05) is 24.8 Å². The zero-order valence-electron chi connectivity index (χ0n) is 11.1. The predicted octanol–water partition coefficient (Wildman–Crippen LogP) is 1.89. The molecular formula is C14H16N4O2. The zero-order valence-corrected chi connectivity index (χ0v) is 11.1. The highest BCUT2D eigenvalue weighted by atomic mass is 16.5. The van der Waals surface area contributed by atoms with Crippen molar-refractivity contribution >= 4 is 17.3 Å². The smallest absolute Gasteiger partial charge is 0.349 e. The Morgan fingerprint density at radius 1 is 1.15 bits per heavy atom. The molecule has 0 bridgehead atoms. The second-order valence-electron chi connectivity index (χ2n) is 3.96. The quantitative estimate of drug-likeness (QED) is 0.618. The summed E-state index contributed by atoms with van der Waals surface area (Å²) in [6.45, 7) is 2.09. The van der Waals surface area contributed by atoms with E-state index in [0.717, 1.165) is 11.4 Å². The molecule has 0 radical (unpaired) electrons. The Labute approximate surface area is 117 Å². The fourth-order valence-electron chi connectivity index (χ4n) is 1.61. The molecule has 0 unspecified atom stereocenters. The summed E-state index contributed by atoms with van der Waals surface area (Å²) >= 11 is 0. The normalized spacial score (nSPS) is 10.1. The van der Waals surface area contributed by atoms with Gasteiger partial charge in [-0.25, -0.2) is 4.79 Å². The average molecular weight is 272 g/mol. The lowest BCUT2D eigenvalue weighted by atomic mass is 10.3. The highest BCUT2D eigenvalue weighted by molar-refractivity contribution is 5.82. The van der Waals surface area contributed by atoms with Crippen LogP contribution in [0.4, 0.5) is 11.4 Å². The van der Waals surface area contributed by atoms with Gasteiger partial charge in [-0.1, -0.05) is 0 Å². The van der Waals surface area contributed by atoms with Gasteiger partial charge in [-0.05, 0) is 31.2 Å². The summed E-state index contributed by atoms with van der Waals surface area (Å²) in [5, 5.41) is 6.07. The number of aromatic nitrogens is 2. The molecular weight excluding hydrogens is 256 g/mol. The molecule has 2 N–H and O–H groups in total. The fraction of sp³-hybridized carbons (Fsp3) is 0.214. The Bertz CT molecular complexity index is 492. The lowest BCUT2D eigenvalue weighted by Gasteiger charge is -2.20. The SMILES string of the molecule is CCOC(=O)C(Nc1cccnc1)Nc1cccnc1. The largest absolute Gasteiger partial charge is 0.463 e. The van der Waals surface area contributed by atoms with Gasteiger partial charge in [-0.15, -0.1) is 0 Å². The lowest BCUT2D eigenvalue weighted by Crippen LogP contribution is -2.38. The van der Waals surface area contributed by atoms with Crippen molar-refractivity contribution in [1.82, 2.24) is 9.97 Å². The van der Waals surface area contributed by atoms with Gasteiger partial charge in [0.2, 0.25) is 0 Å². The highest BCUT2D eigenvalue weighted by Gasteiger charge is 2.19. The number of rotatable bonds is 6. The Morgan fingerprint density at radius 3 is 2.10 bits per heavy atom. The maximum atomic E-state index is 12.0. The number of hydrogen-bond donors (Lipinski definition) is 2. The topological polar surface area (TPSA) is 76.1 Å². The van der Waals surface area contributed by atoms with Crippen LogP contribution in [0.1, 0.15) is 6.92 Å². The first kappa shape index (κ1) is 13.8. The number of ether oxygens (including phenoxy) is 1. The Kier molecular flexibility index (Phi) is 4.88. The summed E-state index contributed by atoms with van der Waals surface area (Å²) in [6, 6.07) is 7.22. The fourth-order valence-corrected chi connectivity index (χ4v) is 1.61. The number of nitrogens with one attached hydrogen (secondary N) is 2. The summed E-state index contributed by atoms with van der Waals surface area (Å²) in [7, 11) is 0. The van der Waals surface area contributed by atoms with E-state index in [1.165, 1.54) is 0 Å². The van der Waals surface area contributed by atoms with E-state index in [0.29, 0.717) is 6.61 Å². The molecule has 6 nitrogen and oxygen atoms in total. The summed E-state index contributed by atoms with van der Waals surface area (Å²) < 4.78 is 5.04. The van der Waals surface area contributed by atoms with Crippen molar-refractivity contribution in [2.24, 2.45) is 0 Å². The van der Waals surface area contributed by atoms with Gasteiger partial charge in [0.1, 0.15) is 0 Å². The summed E-state index contributed by atoms with van der Waals surface area (Å²) in [5.41, 5.74) is 1.45. The van der Waals surface area contributed by atoms with E-state index in [1.807, 2.05) is 12.1 Å². The number of anilines is 2. The minimum Gasteiger partial charge on any atom is -0.463 e. The third-order valence-electron chi connectivity index (χ3n) is 2.47. The molecule has 0 atom stereocenters. The molecule has 0 saturated carbocycles. The van der Waals surface area contributed by atoms with Crippen LogP contribution in [-0.4, -0.2) is 28.7 Å². The van der Waals surface area contributed by atoms with E-state index in [2.05, 4.69) is 20.6 Å². The number of carbonyl (C=O) groups is 1. The van der Waals surface area contributed by atoms with Crippen LogP contribution >= 0.6 is 0 Å². The monoisotopic (exact) mass is 272 g/mol. The van der Waals surface area contributed by atoms with Crippen LogP contribution in [-0.2, 0) is 9.53 Å². The Morgan fingerprint density at radius 2 is 1.70 bits per heavy atom. The van der Waals surface area contributed by atoms with Gasteiger partial charge < -0.3 is 15.4 Å². The highest BCUT2D eigenvalue weighted by Crippen LogP contribution is 2.10. The minimum absolute atomic E-state index is 0.318. The molecule has 0 spiro atoms. The first-order chi connectivity index (χ1) is 9.79. The molecule has 2 aromatic heterocycles. The minimum atomic E-state index is -0.705. The maximum Gasteiger partial charge on any atom is 0.349 e. The van der Waals surface area contributed by atoms with Crippen molar-refractivity contribution in [1.29, 1.82) is 0 Å². The van der Waals surface area contributed by atoms with Crippen molar-refractivity contribution in [3.63, 3.8) is 0 Å². The van der Waals surface area contributed by atoms with Crippen LogP contribution in [0.5, 0.6) is 0 Å². The Balaban J connectivity index is 2.10. The van der Waals surface area contributed by atoms with Gasteiger partial charge in [-0.3, -0.25) is 9.97 Å². The number of hydrogen-bond acceptors (Lipinski definition) is 6. The number of nitrogens with zero attached hydrogens (tertiary/aromatic N) is 2. The van der Waals surface area contributed by atoms with Gasteiger partial charge in [0.25, 0.3) is 0 Å². The number of carbonyl (C=O) groups excluding carboxylic acids is 1. The van der Waals surface area contributed by atoms with E-state index < -0.39 is 6.17 Å². The molecule has 20 heavy (non-hydrogen) atoms. The van der Waals surface area contributed by atoms with Crippen molar-refractivity contribution in [2.75, 3.05) is 17.2 Å². The summed E-state index contributed by atoms with van der Waals surface area (Å²) in [5.74, 6) is -0.389. The van der Waals surface area contributed by atoms with Crippen molar-refractivity contribution in [3.8, 4) is 0 Å². The standard InChI is InChI=1S/C14H16N4O2/c1-2-20-14(19)13(17-11-5-3-7-15-9-11)18-12-6-4-8-16-10-12/h3-10,13,17-18H,2H2,1H3. The number of pyridine rings is 2. The van der Waals surface area contributed by atoms with Gasteiger partial charge >= 0.3 is 5.97 Å². The molecule has 2 aromatic rings. The van der Waals surface area contributed by atoms with Crippen LogP contribution in [0.25, 0.3) is 0 Å². The van der Waals surface area contributed by atoms with E-state index in [-0.39, 0.29) is 5.97 Å². The van der Waals surface area contributed by atoms with E-state index in [1.54, 1.807) is 43.8 Å². The molecule has 6 heteroatoms. The molecule has 0 saturated heterocycles. The average Bonchev–Trinajstić information content (AvgIpc) is 2.49. The van der Waals surface area contributed by atoms with Gasteiger partial charge in [-0.2, -0.15) is 0 Å². The van der Waals surface area contributed by atoms with Gasteiger partial charge in [0.05, 0.1) is 18.0 Å². The molecule has 104 valence electrons.